The van der Waals surface area contributed by atoms with Gasteiger partial charge in [-0.1, -0.05) is 15.9 Å². The number of benzene rings is 1. The van der Waals surface area contributed by atoms with E-state index in [9.17, 15) is 9.18 Å². The number of ketones is 1. The Kier molecular flexibility index (Phi) is 2.87. The van der Waals surface area contributed by atoms with Crippen molar-refractivity contribution in [1.29, 1.82) is 0 Å². The number of fused-ring (bicyclic) bond motifs is 1. The number of aromatic nitrogens is 3. The molecule has 0 spiro atoms. The molecule has 0 aliphatic carbocycles. The van der Waals surface area contributed by atoms with Crippen LogP contribution in [-0.2, 0) is 0 Å². The summed E-state index contributed by atoms with van der Waals surface area (Å²) >= 11 is 3.23. The van der Waals surface area contributed by atoms with Crippen molar-refractivity contribution in [1.82, 2.24) is 14.6 Å². The van der Waals surface area contributed by atoms with E-state index in [2.05, 4.69) is 26.0 Å². The first kappa shape index (κ1) is 12.0. The van der Waals surface area contributed by atoms with Crippen LogP contribution < -0.4 is 0 Å². The molecule has 0 aliphatic rings. The van der Waals surface area contributed by atoms with Crippen LogP contribution >= 0.6 is 15.9 Å². The molecule has 2 aromatic heterocycles. The van der Waals surface area contributed by atoms with Crippen LogP contribution in [0.5, 0.6) is 0 Å². The van der Waals surface area contributed by atoms with Gasteiger partial charge in [0.1, 0.15) is 5.82 Å². The van der Waals surface area contributed by atoms with E-state index >= 15 is 0 Å². The summed E-state index contributed by atoms with van der Waals surface area (Å²) in [6, 6.07) is 4.25. The lowest BCUT2D eigenvalue weighted by molar-refractivity contribution is 0.103. The monoisotopic (exact) mass is 319 g/mol. The van der Waals surface area contributed by atoms with Gasteiger partial charge in [0, 0.05) is 16.9 Å². The molecule has 0 amide bonds. The Hall–Kier alpha value is -2.08. The first-order chi connectivity index (χ1) is 9.16. The van der Waals surface area contributed by atoms with Gasteiger partial charge in [0.2, 0.25) is 0 Å². The molecule has 0 saturated heterocycles. The second-order valence-electron chi connectivity index (χ2n) is 3.92. The van der Waals surface area contributed by atoms with Crippen LogP contribution in [-0.4, -0.2) is 20.4 Å². The van der Waals surface area contributed by atoms with Gasteiger partial charge in [-0.15, -0.1) is 0 Å². The molecule has 0 atom stereocenters. The third-order valence-electron chi connectivity index (χ3n) is 2.74. The van der Waals surface area contributed by atoms with Crippen molar-refractivity contribution in [3.63, 3.8) is 0 Å². The quantitative estimate of drug-likeness (QED) is 0.682. The summed E-state index contributed by atoms with van der Waals surface area (Å²) in [5.74, 6) is -0.974. The van der Waals surface area contributed by atoms with Crippen LogP contribution in [0.15, 0.2) is 47.5 Å². The molecular formula is C13H7BrFN3O. The van der Waals surface area contributed by atoms with Crippen LogP contribution in [0, 0.1) is 5.82 Å². The van der Waals surface area contributed by atoms with E-state index in [0.29, 0.717) is 15.6 Å². The minimum Gasteiger partial charge on any atom is -0.288 e. The Morgan fingerprint density at radius 2 is 2.11 bits per heavy atom. The Morgan fingerprint density at radius 3 is 2.95 bits per heavy atom. The van der Waals surface area contributed by atoms with Crippen LogP contribution in [0.2, 0.25) is 0 Å². The maximum Gasteiger partial charge on any atom is 0.199 e. The average molecular weight is 320 g/mol. The first-order valence-electron chi connectivity index (χ1n) is 5.44. The maximum atomic E-state index is 13.7. The number of nitrogens with zero attached hydrogens (tertiary/aromatic N) is 3. The van der Waals surface area contributed by atoms with Gasteiger partial charge in [0.05, 0.1) is 29.0 Å². The second kappa shape index (κ2) is 4.55. The lowest BCUT2D eigenvalue weighted by Gasteiger charge is -2.02. The van der Waals surface area contributed by atoms with E-state index in [1.165, 1.54) is 29.0 Å². The molecule has 3 aromatic rings. The summed E-state index contributed by atoms with van der Waals surface area (Å²) in [7, 11) is 0. The van der Waals surface area contributed by atoms with Gasteiger partial charge in [-0.2, -0.15) is 5.10 Å². The van der Waals surface area contributed by atoms with E-state index in [1.54, 1.807) is 18.5 Å². The summed E-state index contributed by atoms with van der Waals surface area (Å²) in [6.07, 6.45) is 6.13. The third-order valence-corrected chi connectivity index (χ3v) is 3.24. The second-order valence-corrected chi connectivity index (χ2v) is 4.83. The number of rotatable bonds is 2. The summed E-state index contributed by atoms with van der Waals surface area (Å²) in [4.78, 5) is 16.3. The molecule has 0 radical (unpaired) electrons. The fourth-order valence-corrected chi connectivity index (χ4v) is 2.19. The number of carbonyl (C=O) groups excluding carboxylic acids is 1. The van der Waals surface area contributed by atoms with Crippen LogP contribution in [0.1, 0.15) is 15.9 Å². The zero-order valence-electron chi connectivity index (χ0n) is 9.55. The molecule has 0 unspecified atom stereocenters. The number of hydrogen-bond donors (Lipinski definition) is 0. The predicted molar refractivity (Wildman–Crippen MR) is 70.5 cm³/mol. The SMILES string of the molecule is O=C(c1cc(Br)ccc1F)c1cnn2ccncc12. The highest BCUT2D eigenvalue weighted by molar-refractivity contribution is 9.10. The molecule has 94 valence electrons. The van der Waals surface area contributed by atoms with Crippen molar-refractivity contribution in [2.75, 3.05) is 0 Å². The van der Waals surface area contributed by atoms with E-state index in [0.717, 1.165) is 0 Å². The molecule has 0 aliphatic heterocycles. The molecule has 4 nitrogen and oxygen atoms in total. The van der Waals surface area contributed by atoms with Crippen LogP contribution in [0.25, 0.3) is 5.52 Å². The molecule has 6 heteroatoms. The maximum absolute atomic E-state index is 13.7. The largest absolute Gasteiger partial charge is 0.288 e. The van der Waals surface area contributed by atoms with Gasteiger partial charge in [-0.25, -0.2) is 8.91 Å². The van der Waals surface area contributed by atoms with Crippen molar-refractivity contribution >= 4 is 27.2 Å². The lowest BCUT2D eigenvalue weighted by atomic mass is 10.0. The van der Waals surface area contributed by atoms with E-state index in [1.807, 2.05) is 0 Å². The molecular weight excluding hydrogens is 313 g/mol. The van der Waals surface area contributed by atoms with E-state index in [4.69, 9.17) is 0 Å². The fourth-order valence-electron chi connectivity index (χ4n) is 1.83. The van der Waals surface area contributed by atoms with Gasteiger partial charge in [-0.3, -0.25) is 9.78 Å². The summed E-state index contributed by atoms with van der Waals surface area (Å²) < 4.78 is 15.9. The van der Waals surface area contributed by atoms with Gasteiger partial charge in [0.25, 0.3) is 0 Å². The highest BCUT2D eigenvalue weighted by Gasteiger charge is 2.18. The molecule has 1 aromatic carbocycles. The van der Waals surface area contributed by atoms with Crippen LogP contribution in [0.4, 0.5) is 4.39 Å². The zero-order chi connectivity index (χ0) is 13.4. The van der Waals surface area contributed by atoms with Crippen LogP contribution in [0.3, 0.4) is 0 Å². The fraction of sp³-hybridized carbons (Fsp3) is 0. The summed E-state index contributed by atoms with van der Waals surface area (Å²) in [5, 5.41) is 4.04. The standard InChI is InChI=1S/C13H7BrFN3O/c14-8-1-2-11(15)9(5-8)13(19)10-6-17-18-4-3-16-7-12(10)18/h1-7H. The van der Waals surface area contributed by atoms with Crippen molar-refractivity contribution in [3.8, 4) is 0 Å². The Balaban J connectivity index is 2.16. The lowest BCUT2D eigenvalue weighted by Crippen LogP contribution is -2.04. The zero-order valence-corrected chi connectivity index (χ0v) is 11.1. The average Bonchev–Trinajstić information content (AvgIpc) is 2.84. The summed E-state index contributed by atoms with van der Waals surface area (Å²) in [5.41, 5.74) is 0.880. The minimum absolute atomic E-state index is 0.00753. The summed E-state index contributed by atoms with van der Waals surface area (Å²) in [6.45, 7) is 0. The molecule has 0 fully saturated rings. The Morgan fingerprint density at radius 1 is 1.26 bits per heavy atom. The van der Waals surface area contributed by atoms with Gasteiger partial charge in [-0.05, 0) is 18.2 Å². The normalized spacial score (nSPS) is 10.8. The third kappa shape index (κ3) is 2.04. The molecule has 19 heavy (non-hydrogen) atoms. The van der Waals surface area contributed by atoms with E-state index < -0.39 is 11.6 Å². The Bertz CT molecular complexity index is 784. The van der Waals surface area contributed by atoms with Crippen molar-refractivity contribution in [3.05, 3.63) is 64.4 Å². The molecule has 2 heterocycles. The molecule has 0 saturated carbocycles. The number of halogens is 2. The molecule has 3 rings (SSSR count). The number of carbonyl (C=O) groups is 1. The Labute approximate surface area is 116 Å². The predicted octanol–water partition coefficient (Wildman–Crippen LogP) is 2.86. The first-order valence-corrected chi connectivity index (χ1v) is 6.23. The highest BCUT2D eigenvalue weighted by Crippen LogP contribution is 2.20. The van der Waals surface area contributed by atoms with Gasteiger partial charge < -0.3 is 0 Å². The van der Waals surface area contributed by atoms with Crippen molar-refractivity contribution in [2.24, 2.45) is 0 Å². The highest BCUT2D eigenvalue weighted by atomic mass is 79.9. The van der Waals surface area contributed by atoms with Gasteiger partial charge >= 0.3 is 0 Å². The molecule has 0 bridgehead atoms. The smallest absolute Gasteiger partial charge is 0.199 e. The number of hydrogen-bond acceptors (Lipinski definition) is 3. The van der Waals surface area contributed by atoms with Gasteiger partial charge in [0.15, 0.2) is 5.78 Å². The van der Waals surface area contributed by atoms with E-state index in [-0.39, 0.29) is 5.56 Å². The topological polar surface area (TPSA) is 47.3 Å². The van der Waals surface area contributed by atoms with Crippen molar-refractivity contribution in [2.45, 2.75) is 0 Å². The van der Waals surface area contributed by atoms with Crippen molar-refractivity contribution < 1.29 is 9.18 Å². The molecule has 0 N–H and O–H groups in total. The minimum atomic E-state index is -0.559.